The highest BCUT2D eigenvalue weighted by atomic mass is 16.1. The van der Waals surface area contributed by atoms with Gasteiger partial charge in [-0.1, -0.05) is 90.3 Å². The molecule has 1 aromatic rings. The summed E-state index contributed by atoms with van der Waals surface area (Å²) in [6.07, 6.45) is 15.7. The average molecular weight is 461 g/mol. The first-order chi connectivity index (χ1) is 16.2. The number of fused-ring (bicyclic) bond motifs is 5. The molecule has 0 bridgehead atoms. The molecule has 0 aliphatic heterocycles. The minimum absolute atomic E-state index is 0.185. The highest BCUT2D eigenvalue weighted by Gasteiger charge is 2.60. The van der Waals surface area contributed by atoms with Gasteiger partial charge < -0.3 is 0 Å². The Hall–Kier alpha value is -1.37. The molecule has 4 aliphatic carbocycles. The second-order valence-electron chi connectivity index (χ2n) is 13.6. The third kappa shape index (κ3) is 4.04. The predicted molar refractivity (Wildman–Crippen MR) is 143 cm³/mol. The standard InChI is InChI=1S/C33H48O/c1-22(2)10-9-11-23(3)28-16-17-29-26-15-14-25-20-31(34)27(24-12-7-6-8-13-24)21-33(25,5)30(26)18-19-32(28,29)4/h6-8,12-13,21-23,25-26,28-30H,9-11,14-20H2,1-5H3/t23-,25+,26+,28-,29+,30+,32-,33+/m1/s1. The van der Waals surface area contributed by atoms with Crippen molar-refractivity contribution in [3.8, 4) is 0 Å². The smallest absolute Gasteiger partial charge is 0.163 e. The van der Waals surface area contributed by atoms with E-state index >= 15 is 0 Å². The fraction of sp³-hybridized carbons (Fsp3) is 0.727. The molecule has 0 spiro atoms. The van der Waals surface area contributed by atoms with Gasteiger partial charge in [0.2, 0.25) is 0 Å². The molecule has 0 N–H and O–H groups in total. The summed E-state index contributed by atoms with van der Waals surface area (Å²) in [7, 11) is 0. The Bertz CT molecular complexity index is 912. The average Bonchev–Trinajstić information content (AvgIpc) is 3.17. The number of benzene rings is 1. The van der Waals surface area contributed by atoms with Crippen LogP contribution in [0.5, 0.6) is 0 Å². The van der Waals surface area contributed by atoms with Crippen molar-refractivity contribution in [1.82, 2.24) is 0 Å². The molecule has 3 fully saturated rings. The third-order valence-corrected chi connectivity index (χ3v) is 11.4. The van der Waals surface area contributed by atoms with E-state index in [9.17, 15) is 4.79 Å². The molecule has 1 aromatic carbocycles. The third-order valence-electron chi connectivity index (χ3n) is 11.4. The molecule has 3 saturated carbocycles. The maximum absolute atomic E-state index is 13.2. The monoisotopic (exact) mass is 460 g/mol. The molecule has 0 amide bonds. The second kappa shape index (κ2) is 9.25. The van der Waals surface area contributed by atoms with E-state index in [4.69, 9.17) is 0 Å². The van der Waals surface area contributed by atoms with Crippen molar-refractivity contribution in [1.29, 1.82) is 0 Å². The molecule has 0 aromatic heterocycles. The van der Waals surface area contributed by atoms with E-state index in [0.29, 0.717) is 17.1 Å². The Morgan fingerprint density at radius 1 is 0.912 bits per heavy atom. The molecule has 8 atom stereocenters. The number of rotatable bonds is 6. The van der Waals surface area contributed by atoms with Crippen molar-refractivity contribution < 1.29 is 4.79 Å². The number of carbonyl (C=O) groups is 1. The Labute approximate surface area is 209 Å². The zero-order valence-electron chi connectivity index (χ0n) is 22.5. The van der Waals surface area contributed by atoms with Crippen LogP contribution in [-0.4, -0.2) is 5.78 Å². The van der Waals surface area contributed by atoms with Gasteiger partial charge in [-0.15, -0.1) is 0 Å². The number of ketones is 1. The quantitative estimate of drug-likeness (QED) is 0.414. The summed E-state index contributed by atoms with van der Waals surface area (Å²) in [5.74, 6) is 6.05. The van der Waals surface area contributed by atoms with Gasteiger partial charge in [-0.05, 0) is 96.3 Å². The van der Waals surface area contributed by atoms with E-state index in [1.54, 1.807) is 0 Å². The molecule has 1 nitrogen and oxygen atoms in total. The number of hydrogen-bond donors (Lipinski definition) is 0. The summed E-state index contributed by atoms with van der Waals surface area (Å²) in [6.45, 7) is 12.5. The molecule has 186 valence electrons. The fourth-order valence-corrected chi connectivity index (χ4v) is 9.63. The number of hydrogen-bond acceptors (Lipinski definition) is 1. The Kier molecular flexibility index (Phi) is 6.62. The second-order valence-corrected chi connectivity index (χ2v) is 13.6. The molecular weight excluding hydrogens is 412 g/mol. The molecule has 34 heavy (non-hydrogen) atoms. The van der Waals surface area contributed by atoms with Crippen LogP contribution in [0.3, 0.4) is 0 Å². The highest BCUT2D eigenvalue weighted by molar-refractivity contribution is 6.21. The topological polar surface area (TPSA) is 17.1 Å². The van der Waals surface area contributed by atoms with E-state index in [0.717, 1.165) is 53.1 Å². The lowest BCUT2D eigenvalue weighted by molar-refractivity contribution is -0.121. The van der Waals surface area contributed by atoms with Crippen LogP contribution in [0, 0.1) is 52.3 Å². The minimum Gasteiger partial charge on any atom is -0.294 e. The number of carbonyl (C=O) groups excluding carboxylic acids is 1. The van der Waals surface area contributed by atoms with Gasteiger partial charge in [0.25, 0.3) is 0 Å². The van der Waals surface area contributed by atoms with Gasteiger partial charge in [-0.3, -0.25) is 4.79 Å². The van der Waals surface area contributed by atoms with Crippen LogP contribution in [0.2, 0.25) is 0 Å². The van der Waals surface area contributed by atoms with Crippen LogP contribution < -0.4 is 0 Å². The van der Waals surface area contributed by atoms with Gasteiger partial charge in [0.05, 0.1) is 0 Å². The van der Waals surface area contributed by atoms with Crippen molar-refractivity contribution in [2.45, 2.75) is 98.8 Å². The maximum Gasteiger partial charge on any atom is 0.163 e. The Morgan fingerprint density at radius 2 is 1.68 bits per heavy atom. The van der Waals surface area contributed by atoms with E-state index in [2.05, 4.69) is 71.0 Å². The van der Waals surface area contributed by atoms with Crippen molar-refractivity contribution in [3.05, 3.63) is 42.0 Å². The van der Waals surface area contributed by atoms with Crippen molar-refractivity contribution >= 4 is 11.4 Å². The fourth-order valence-electron chi connectivity index (χ4n) is 9.63. The summed E-state index contributed by atoms with van der Waals surface area (Å²) in [5, 5.41) is 0. The lowest BCUT2D eigenvalue weighted by atomic mass is 9.45. The van der Waals surface area contributed by atoms with Gasteiger partial charge in [-0.2, -0.15) is 0 Å². The van der Waals surface area contributed by atoms with Gasteiger partial charge >= 0.3 is 0 Å². The van der Waals surface area contributed by atoms with Gasteiger partial charge in [0.15, 0.2) is 5.78 Å². The van der Waals surface area contributed by atoms with Crippen molar-refractivity contribution in [3.63, 3.8) is 0 Å². The van der Waals surface area contributed by atoms with Gasteiger partial charge in [0, 0.05) is 12.0 Å². The van der Waals surface area contributed by atoms with Crippen LogP contribution >= 0.6 is 0 Å². The lowest BCUT2D eigenvalue weighted by Gasteiger charge is -2.59. The first-order valence-electron chi connectivity index (χ1n) is 14.6. The van der Waals surface area contributed by atoms with Crippen LogP contribution in [0.4, 0.5) is 0 Å². The first kappa shape index (κ1) is 24.3. The molecule has 1 heteroatoms. The van der Waals surface area contributed by atoms with Crippen molar-refractivity contribution in [2.24, 2.45) is 52.3 Å². The Balaban J connectivity index is 1.38. The molecule has 0 unspecified atom stereocenters. The zero-order chi connectivity index (χ0) is 24.1. The lowest BCUT2D eigenvalue weighted by Crippen LogP contribution is -2.53. The number of Topliss-reactive ketones (excluding diaryl/α,β-unsaturated/α-hetero) is 1. The summed E-state index contributed by atoms with van der Waals surface area (Å²) in [4.78, 5) is 13.2. The summed E-state index contributed by atoms with van der Waals surface area (Å²) in [5.41, 5.74) is 2.87. The van der Waals surface area contributed by atoms with Crippen LogP contribution in [0.15, 0.2) is 36.4 Å². The normalized spacial score (nSPS) is 40.4. The largest absolute Gasteiger partial charge is 0.294 e. The van der Waals surface area contributed by atoms with E-state index in [-0.39, 0.29) is 5.41 Å². The van der Waals surface area contributed by atoms with Gasteiger partial charge in [-0.25, -0.2) is 0 Å². The molecule has 0 radical (unpaired) electrons. The zero-order valence-corrected chi connectivity index (χ0v) is 22.5. The first-order valence-corrected chi connectivity index (χ1v) is 14.6. The molecule has 0 heterocycles. The summed E-state index contributed by atoms with van der Waals surface area (Å²) < 4.78 is 0. The molecular formula is C33H48O. The predicted octanol–water partition coefficient (Wildman–Crippen LogP) is 8.98. The SMILES string of the molecule is CC(C)CCC[C@@H](C)[C@H]1CC[C@H]2[C@@H]3CC[C@H]4CC(=O)C(c5ccccc5)=C[C@]4(C)[C@H]3CC[C@]12C. The van der Waals surface area contributed by atoms with E-state index < -0.39 is 0 Å². The highest BCUT2D eigenvalue weighted by Crippen LogP contribution is 2.68. The van der Waals surface area contributed by atoms with Crippen molar-refractivity contribution in [2.75, 3.05) is 0 Å². The summed E-state index contributed by atoms with van der Waals surface area (Å²) in [6, 6.07) is 10.5. The van der Waals surface area contributed by atoms with Gasteiger partial charge in [0.1, 0.15) is 0 Å². The van der Waals surface area contributed by atoms with E-state index in [1.165, 1.54) is 57.8 Å². The Morgan fingerprint density at radius 3 is 2.41 bits per heavy atom. The molecule has 0 saturated heterocycles. The molecule has 4 aliphatic rings. The van der Waals surface area contributed by atoms with Crippen LogP contribution in [0.25, 0.3) is 5.57 Å². The van der Waals surface area contributed by atoms with Crippen LogP contribution in [-0.2, 0) is 4.79 Å². The summed E-state index contributed by atoms with van der Waals surface area (Å²) >= 11 is 0. The number of allylic oxidation sites excluding steroid dienone is 2. The molecule has 5 rings (SSSR count). The maximum atomic E-state index is 13.2. The minimum atomic E-state index is 0.185. The van der Waals surface area contributed by atoms with E-state index in [1.807, 2.05) is 0 Å². The van der Waals surface area contributed by atoms with Crippen LogP contribution in [0.1, 0.15) is 104 Å².